The lowest BCUT2D eigenvalue weighted by Gasteiger charge is -2.15. The van der Waals surface area contributed by atoms with E-state index in [2.05, 4.69) is 4.74 Å². The summed E-state index contributed by atoms with van der Waals surface area (Å²) in [6.07, 6.45) is 1.23. The summed E-state index contributed by atoms with van der Waals surface area (Å²) < 4.78 is 9.77. The summed E-state index contributed by atoms with van der Waals surface area (Å²) in [5.41, 5.74) is 1.03. The van der Waals surface area contributed by atoms with Crippen molar-refractivity contribution in [1.82, 2.24) is 0 Å². The molecule has 1 aromatic rings. The average Bonchev–Trinajstić information content (AvgIpc) is 2.35. The highest BCUT2D eigenvalue weighted by Gasteiger charge is 2.15. The largest absolute Gasteiger partial charge is 0.495 e. The van der Waals surface area contributed by atoms with Crippen molar-refractivity contribution in [3.8, 4) is 5.75 Å². The molecule has 0 aliphatic heterocycles. The number of carbonyl (C=O) groups excluding carboxylic acids is 1. The summed E-state index contributed by atoms with van der Waals surface area (Å²) in [7, 11) is 2.97. The van der Waals surface area contributed by atoms with Gasteiger partial charge in [-0.05, 0) is 30.0 Å². The van der Waals surface area contributed by atoms with Crippen molar-refractivity contribution < 1.29 is 14.3 Å². The molecule has 94 valence electrons. The Hall–Kier alpha value is -1.22. The van der Waals surface area contributed by atoms with Gasteiger partial charge < -0.3 is 9.47 Å². The second-order valence-corrected chi connectivity index (χ2v) is 4.19. The Morgan fingerprint density at radius 1 is 1.41 bits per heavy atom. The van der Waals surface area contributed by atoms with E-state index < -0.39 is 0 Å². The van der Waals surface area contributed by atoms with Crippen LogP contribution >= 0.6 is 11.6 Å². The number of benzene rings is 1. The third-order valence-corrected chi connectivity index (χ3v) is 3.08. The zero-order valence-corrected chi connectivity index (χ0v) is 11.1. The number of ether oxygens (including phenoxy) is 2. The van der Waals surface area contributed by atoms with Crippen molar-refractivity contribution in [3.05, 3.63) is 28.8 Å². The lowest BCUT2D eigenvalue weighted by molar-refractivity contribution is -0.141. The topological polar surface area (TPSA) is 35.5 Å². The van der Waals surface area contributed by atoms with Gasteiger partial charge in [0.1, 0.15) is 5.75 Å². The van der Waals surface area contributed by atoms with Gasteiger partial charge in [0.25, 0.3) is 0 Å². The summed E-state index contributed by atoms with van der Waals surface area (Å²) in [5, 5.41) is 0.563. The molecule has 4 heteroatoms. The van der Waals surface area contributed by atoms with Gasteiger partial charge in [-0.15, -0.1) is 0 Å². The molecule has 0 aliphatic carbocycles. The summed E-state index contributed by atoms with van der Waals surface area (Å²) in [6, 6.07) is 5.59. The first kappa shape index (κ1) is 13.8. The Balaban J connectivity index is 2.88. The molecule has 1 aromatic carbocycles. The van der Waals surface area contributed by atoms with Gasteiger partial charge in [0.05, 0.1) is 25.7 Å². The van der Waals surface area contributed by atoms with Crippen molar-refractivity contribution in [2.75, 3.05) is 14.2 Å². The molecular weight excluding hydrogens is 240 g/mol. The quantitative estimate of drug-likeness (QED) is 0.758. The molecule has 0 fully saturated rings. The Labute approximate surface area is 107 Å². The Morgan fingerprint density at radius 2 is 2.12 bits per heavy atom. The van der Waals surface area contributed by atoms with Gasteiger partial charge in [-0.25, -0.2) is 0 Å². The van der Waals surface area contributed by atoms with Crippen LogP contribution in [0.5, 0.6) is 5.75 Å². The number of hydrogen-bond donors (Lipinski definition) is 0. The number of rotatable bonds is 5. The Morgan fingerprint density at radius 3 is 2.59 bits per heavy atom. The van der Waals surface area contributed by atoms with E-state index in [1.807, 2.05) is 25.1 Å². The van der Waals surface area contributed by atoms with Gasteiger partial charge in [0, 0.05) is 0 Å². The minimum Gasteiger partial charge on any atom is -0.495 e. The molecule has 0 spiro atoms. The van der Waals surface area contributed by atoms with E-state index in [0.717, 1.165) is 12.0 Å². The first-order valence-corrected chi connectivity index (χ1v) is 5.90. The summed E-state index contributed by atoms with van der Waals surface area (Å²) in [5.74, 6) is 0.568. The van der Waals surface area contributed by atoms with Crippen LogP contribution in [0, 0.1) is 0 Å². The van der Waals surface area contributed by atoms with Crippen molar-refractivity contribution in [2.45, 2.75) is 25.7 Å². The van der Waals surface area contributed by atoms with Crippen molar-refractivity contribution in [3.63, 3.8) is 0 Å². The summed E-state index contributed by atoms with van der Waals surface area (Å²) in [4.78, 5) is 11.3. The van der Waals surface area contributed by atoms with E-state index >= 15 is 0 Å². The fraction of sp³-hybridized carbons (Fsp3) is 0.462. The van der Waals surface area contributed by atoms with Crippen LogP contribution in [-0.2, 0) is 9.53 Å². The van der Waals surface area contributed by atoms with Gasteiger partial charge in [-0.3, -0.25) is 4.79 Å². The molecule has 0 saturated carbocycles. The maximum atomic E-state index is 11.3. The van der Waals surface area contributed by atoms with Gasteiger partial charge in [0.15, 0.2) is 0 Å². The summed E-state index contributed by atoms with van der Waals surface area (Å²) in [6.45, 7) is 2.03. The van der Waals surface area contributed by atoms with Crippen LogP contribution < -0.4 is 4.74 Å². The van der Waals surface area contributed by atoms with Gasteiger partial charge >= 0.3 is 5.97 Å². The van der Waals surface area contributed by atoms with Crippen LogP contribution in [0.15, 0.2) is 18.2 Å². The maximum absolute atomic E-state index is 11.3. The number of halogens is 1. The van der Waals surface area contributed by atoms with Crippen molar-refractivity contribution >= 4 is 17.6 Å². The number of carbonyl (C=O) groups is 1. The predicted octanol–water partition coefficient (Wildman–Crippen LogP) is 3.41. The molecule has 3 nitrogen and oxygen atoms in total. The third-order valence-electron chi connectivity index (χ3n) is 2.78. The third kappa shape index (κ3) is 3.63. The van der Waals surface area contributed by atoms with Crippen LogP contribution in [0.3, 0.4) is 0 Å². The van der Waals surface area contributed by atoms with Crippen molar-refractivity contribution in [2.24, 2.45) is 0 Å². The monoisotopic (exact) mass is 256 g/mol. The molecule has 0 amide bonds. The minimum atomic E-state index is -0.205. The first-order valence-electron chi connectivity index (χ1n) is 5.52. The van der Waals surface area contributed by atoms with Crippen LogP contribution in [0.25, 0.3) is 0 Å². The molecule has 0 radical (unpaired) electrons. The second kappa shape index (κ2) is 6.50. The fourth-order valence-corrected chi connectivity index (χ4v) is 1.99. The zero-order valence-electron chi connectivity index (χ0n) is 10.3. The molecule has 0 aliphatic rings. The molecule has 0 bridgehead atoms. The van der Waals surface area contributed by atoms with Crippen LogP contribution in [0.4, 0.5) is 0 Å². The van der Waals surface area contributed by atoms with Crippen LogP contribution in [0.1, 0.15) is 31.2 Å². The molecular formula is C13H17ClO3. The predicted molar refractivity (Wildman–Crippen MR) is 67.7 cm³/mol. The molecule has 0 heterocycles. The van der Waals surface area contributed by atoms with Crippen molar-refractivity contribution in [1.29, 1.82) is 0 Å². The molecule has 0 aromatic heterocycles. The highest BCUT2D eigenvalue weighted by atomic mass is 35.5. The molecule has 0 saturated heterocycles. The molecule has 17 heavy (non-hydrogen) atoms. The fourth-order valence-electron chi connectivity index (χ4n) is 1.72. The molecule has 1 atom stereocenters. The standard InChI is InChI=1S/C13H17ClO3/c1-4-9(8-13(15)17-3)10-5-6-12(16-2)11(14)7-10/h5-7,9H,4,8H2,1-3H3. The van der Waals surface area contributed by atoms with Crippen LogP contribution in [0.2, 0.25) is 5.02 Å². The zero-order chi connectivity index (χ0) is 12.8. The lowest BCUT2D eigenvalue weighted by Crippen LogP contribution is -2.08. The minimum absolute atomic E-state index is 0.130. The van der Waals surface area contributed by atoms with E-state index in [-0.39, 0.29) is 11.9 Å². The Bertz CT molecular complexity index is 390. The number of esters is 1. The second-order valence-electron chi connectivity index (χ2n) is 3.78. The van der Waals surface area contributed by atoms with Gasteiger partial charge in [-0.1, -0.05) is 24.6 Å². The SMILES string of the molecule is CCC(CC(=O)OC)c1ccc(OC)c(Cl)c1. The van der Waals surface area contributed by atoms with Crippen LogP contribution in [-0.4, -0.2) is 20.2 Å². The first-order chi connectivity index (χ1) is 8.12. The van der Waals surface area contributed by atoms with Gasteiger partial charge in [-0.2, -0.15) is 0 Å². The maximum Gasteiger partial charge on any atom is 0.306 e. The van der Waals surface area contributed by atoms with E-state index in [4.69, 9.17) is 16.3 Å². The van der Waals surface area contributed by atoms with E-state index in [9.17, 15) is 4.79 Å². The molecule has 1 unspecified atom stereocenters. The number of methoxy groups -OCH3 is 2. The normalized spacial score (nSPS) is 12.0. The lowest BCUT2D eigenvalue weighted by atomic mass is 9.93. The molecule has 0 N–H and O–H groups in total. The molecule has 1 rings (SSSR count). The highest BCUT2D eigenvalue weighted by molar-refractivity contribution is 6.32. The van der Waals surface area contributed by atoms with Gasteiger partial charge in [0.2, 0.25) is 0 Å². The highest BCUT2D eigenvalue weighted by Crippen LogP contribution is 2.31. The smallest absolute Gasteiger partial charge is 0.306 e. The van der Waals surface area contributed by atoms with E-state index in [1.165, 1.54) is 7.11 Å². The van der Waals surface area contributed by atoms with E-state index in [0.29, 0.717) is 17.2 Å². The summed E-state index contributed by atoms with van der Waals surface area (Å²) >= 11 is 6.06. The average molecular weight is 257 g/mol. The Kier molecular flexibility index (Phi) is 5.29. The number of hydrogen-bond acceptors (Lipinski definition) is 3. The van der Waals surface area contributed by atoms with E-state index in [1.54, 1.807) is 7.11 Å².